The molecule has 1 aromatic carbocycles. The zero-order valence-electron chi connectivity index (χ0n) is 11.6. The lowest BCUT2D eigenvalue weighted by Gasteiger charge is -2.48. The molecular weight excluding hydrogens is 238 g/mol. The van der Waals surface area contributed by atoms with Crippen molar-refractivity contribution in [2.24, 2.45) is 5.92 Å². The summed E-state index contributed by atoms with van der Waals surface area (Å²) >= 11 is 0. The second-order valence-electron chi connectivity index (χ2n) is 5.91. The van der Waals surface area contributed by atoms with E-state index in [9.17, 15) is 5.11 Å². The van der Waals surface area contributed by atoms with Crippen molar-refractivity contribution in [1.29, 1.82) is 0 Å². The van der Waals surface area contributed by atoms with Crippen molar-refractivity contribution >= 4 is 0 Å². The van der Waals surface area contributed by atoms with Crippen LogP contribution in [0.4, 0.5) is 0 Å². The van der Waals surface area contributed by atoms with Gasteiger partial charge in [0.15, 0.2) is 0 Å². The minimum Gasteiger partial charge on any atom is -0.497 e. The quantitative estimate of drug-likeness (QED) is 0.860. The molecule has 2 N–H and O–H groups in total. The Balaban J connectivity index is 1.90. The molecule has 2 fully saturated rings. The molecule has 1 aliphatic heterocycles. The maximum atomic E-state index is 10.9. The van der Waals surface area contributed by atoms with Gasteiger partial charge in [0.25, 0.3) is 0 Å². The van der Waals surface area contributed by atoms with Gasteiger partial charge in [-0.2, -0.15) is 0 Å². The number of rotatable bonds is 2. The normalized spacial score (nSPS) is 34.6. The number of nitrogens with one attached hydrogen (secondary N) is 1. The first kappa shape index (κ1) is 12.9. The Morgan fingerprint density at radius 1 is 1.32 bits per heavy atom. The van der Waals surface area contributed by atoms with E-state index in [1.807, 2.05) is 12.1 Å². The Kier molecular flexibility index (Phi) is 3.50. The number of hydrogen-bond donors (Lipinski definition) is 2. The molecule has 3 atom stereocenters. The Morgan fingerprint density at radius 2 is 2.21 bits per heavy atom. The van der Waals surface area contributed by atoms with Crippen LogP contribution in [0.25, 0.3) is 0 Å². The molecule has 3 rings (SSSR count). The lowest BCUT2D eigenvalue weighted by atomic mass is 9.67. The highest BCUT2D eigenvalue weighted by molar-refractivity contribution is 5.32. The van der Waals surface area contributed by atoms with Gasteiger partial charge in [0, 0.05) is 12.0 Å². The third-order valence-electron chi connectivity index (χ3n) is 4.84. The number of aliphatic hydroxyl groups is 1. The van der Waals surface area contributed by atoms with Crippen molar-refractivity contribution in [3.05, 3.63) is 29.8 Å². The summed E-state index contributed by atoms with van der Waals surface area (Å²) in [5.41, 5.74) is 0.779. The number of fused-ring (bicyclic) bond motifs is 1. The fourth-order valence-corrected chi connectivity index (χ4v) is 3.81. The van der Waals surface area contributed by atoms with Gasteiger partial charge in [0.2, 0.25) is 0 Å². The summed E-state index contributed by atoms with van der Waals surface area (Å²) in [6, 6.07) is 8.50. The zero-order valence-corrected chi connectivity index (χ0v) is 11.6. The van der Waals surface area contributed by atoms with Crippen LogP contribution in [0.15, 0.2) is 24.3 Å². The number of benzene rings is 1. The summed E-state index contributed by atoms with van der Waals surface area (Å²) in [5, 5.41) is 14.5. The average molecular weight is 261 g/mol. The fraction of sp³-hybridized carbons (Fsp3) is 0.625. The molecule has 1 aliphatic carbocycles. The Bertz CT molecular complexity index is 444. The zero-order chi connectivity index (χ0) is 13.3. The van der Waals surface area contributed by atoms with Crippen LogP contribution >= 0.6 is 0 Å². The highest BCUT2D eigenvalue weighted by Crippen LogP contribution is 2.45. The van der Waals surface area contributed by atoms with Crippen LogP contribution in [0.2, 0.25) is 0 Å². The van der Waals surface area contributed by atoms with Crippen LogP contribution in [0.3, 0.4) is 0 Å². The topological polar surface area (TPSA) is 41.5 Å². The van der Waals surface area contributed by atoms with Gasteiger partial charge in [-0.1, -0.05) is 25.0 Å². The molecule has 1 aromatic rings. The summed E-state index contributed by atoms with van der Waals surface area (Å²) in [6.07, 6.45) is 5.36. The fourth-order valence-electron chi connectivity index (χ4n) is 3.81. The van der Waals surface area contributed by atoms with Crippen LogP contribution in [0.1, 0.15) is 43.7 Å². The van der Waals surface area contributed by atoms with Crippen molar-refractivity contribution < 1.29 is 9.84 Å². The van der Waals surface area contributed by atoms with Gasteiger partial charge in [-0.25, -0.2) is 0 Å². The van der Waals surface area contributed by atoms with E-state index in [0.29, 0.717) is 5.92 Å². The number of piperidine rings is 1. The highest BCUT2D eigenvalue weighted by Gasteiger charge is 2.45. The molecule has 0 radical (unpaired) electrons. The maximum absolute atomic E-state index is 10.9. The van der Waals surface area contributed by atoms with Crippen molar-refractivity contribution in [2.45, 2.75) is 43.7 Å². The van der Waals surface area contributed by atoms with E-state index in [1.54, 1.807) is 7.11 Å². The van der Waals surface area contributed by atoms with Crippen LogP contribution in [0.5, 0.6) is 5.75 Å². The molecule has 2 aliphatic rings. The first-order valence-corrected chi connectivity index (χ1v) is 7.33. The van der Waals surface area contributed by atoms with E-state index in [2.05, 4.69) is 17.4 Å². The molecule has 1 saturated carbocycles. The molecule has 0 amide bonds. The summed E-state index contributed by atoms with van der Waals surface area (Å²) in [7, 11) is 1.70. The van der Waals surface area contributed by atoms with Crippen LogP contribution < -0.4 is 10.1 Å². The Hall–Kier alpha value is -1.06. The molecular formula is C16H23NO2. The molecule has 0 spiro atoms. The number of methoxy groups -OCH3 is 1. The van der Waals surface area contributed by atoms with Crippen molar-refractivity contribution in [1.82, 2.24) is 5.32 Å². The summed E-state index contributed by atoms with van der Waals surface area (Å²) < 4.78 is 5.32. The molecule has 104 valence electrons. The Labute approximate surface area is 115 Å². The van der Waals surface area contributed by atoms with E-state index in [4.69, 9.17) is 4.74 Å². The molecule has 1 saturated heterocycles. The molecule has 0 aromatic heterocycles. The van der Waals surface area contributed by atoms with E-state index >= 15 is 0 Å². The lowest BCUT2D eigenvalue weighted by molar-refractivity contribution is -0.0861. The molecule has 19 heavy (non-hydrogen) atoms. The minimum atomic E-state index is -0.461. The van der Waals surface area contributed by atoms with Gasteiger partial charge in [0.05, 0.1) is 12.7 Å². The third-order valence-corrected chi connectivity index (χ3v) is 4.84. The predicted molar refractivity (Wildman–Crippen MR) is 75.3 cm³/mol. The second-order valence-corrected chi connectivity index (χ2v) is 5.91. The van der Waals surface area contributed by atoms with Crippen LogP contribution in [-0.4, -0.2) is 24.4 Å². The molecule has 0 unspecified atom stereocenters. The Morgan fingerprint density at radius 3 is 3.05 bits per heavy atom. The molecule has 3 heteroatoms. The number of ether oxygens (including phenoxy) is 1. The molecule has 0 bridgehead atoms. The van der Waals surface area contributed by atoms with Gasteiger partial charge in [0.1, 0.15) is 5.75 Å². The van der Waals surface area contributed by atoms with E-state index < -0.39 is 5.60 Å². The second kappa shape index (κ2) is 5.14. The van der Waals surface area contributed by atoms with Crippen molar-refractivity contribution in [3.8, 4) is 5.75 Å². The van der Waals surface area contributed by atoms with Crippen LogP contribution in [0, 0.1) is 5.92 Å². The van der Waals surface area contributed by atoms with E-state index in [-0.39, 0.29) is 6.04 Å². The van der Waals surface area contributed by atoms with Gasteiger partial charge in [-0.05, 0) is 43.5 Å². The van der Waals surface area contributed by atoms with Crippen LogP contribution in [-0.2, 0) is 0 Å². The predicted octanol–water partition coefficient (Wildman–Crippen LogP) is 2.65. The summed E-state index contributed by atoms with van der Waals surface area (Å²) in [4.78, 5) is 0. The number of hydrogen-bond acceptors (Lipinski definition) is 3. The highest BCUT2D eigenvalue weighted by atomic mass is 16.5. The smallest absolute Gasteiger partial charge is 0.119 e. The van der Waals surface area contributed by atoms with Gasteiger partial charge in [-0.3, -0.25) is 0 Å². The lowest BCUT2D eigenvalue weighted by Crippen LogP contribution is -2.53. The molecule has 3 nitrogen and oxygen atoms in total. The van der Waals surface area contributed by atoms with Crippen molar-refractivity contribution in [2.75, 3.05) is 13.7 Å². The monoisotopic (exact) mass is 261 g/mol. The summed E-state index contributed by atoms with van der Waals surface area (Å²) in [5.74, 6) is 1.23. The maximum Gasteiger partial charge on any atom is 0.119 e. The standard InChI is InChI=1S/C16H23NO2/c1-19-13-6-4-5-12(11-13)15-14-7-2-3-8-16(14,18)9-10-17-15/h4-6,11,14-15,17-18H,2-3,7-10H2,1H3/t14-,15-,16+/m1/s1. The molecule has 1 heterocycles. The van der Waals surface area contributed by atoms with Gasteiger partial charge >= 0.3 is 0 Å². The minimum absolute atomic E-state index is 0.258. The SMILES string of the molecule is COc1cccc([C@H]2NCC[C@@]3(O)CCCC[C@H]23)c1. The average Bonchev–Trinajstić information content (AvgIpc) is 2.46. The van der Waals surface area contributed by atoms with Crippen molar-refractivity contribution in [3.63, 3.8) is 0 Å². The largest absolute Gasteiger partial charge is 0.497 e. The van der Waals surface area contributed by atoms with Gasteiger partial charge < -0.3 is 15.2 Å². The van der Waals surface area contributed by atoms with Gasteiger partial charge in [-0.15, -0.1) is 0 Å². The third kappa shape index (κ3) is 2.37. The van der Waals surface area contributed by atoms with E-state index in [1.165, 1.54) is 12.0 Å². The summed E-state index contributed by atoms with van der Waals surface area (Å²) in [6.45, 7) is 0.898. The first-order valence-electron chi connectivity index (χ1n) is 7.33. The first-order chi connectivity index (χ1) is 9.23. The van der Waals surface area contributed by atoms with E-state index in [0.717, 1.165) is 38.0 Å².